The number of hydrogen-bond acceptors (Lipinski definition) is 9. The molecule has 9 atom stereocenters. The summed E-state index contributed by atoms with van der Waals surface area (Å²) in [7, 11) is 0. The highest BCUT2D eigenvalue weighted by Crippen LogP contribution is 2.72. The van der Waals surface area contributed by atoms with Gasteiger partial charge in [0.05, 0.1) is 0 Å². The van der Waals surface area contributed by atoms with Gasteiger partial charge in [0.2, 0.25) is 0 Å². The molecule has 4 rings (SSSR count). The topological polar surface area (TPSA) is 122 Å². The third-order valence-corrected chi connectivity index (χ3v) is 9.66. The highest BCUT2D eigenvalue weighted by Gasteiger charge is 2.80. The van der Waals surface area contributed by atoms with Gasteiger partial charge in [-0.1, -0.05) is 27.4 Å². The van der Waals surface area contributed by atoms with Gasteiger partial charge in [0.15, 0.2) is 5.78 Å². The summed E-state index contributed by atoms with van der Waals surface area (Å²) in [6.45, 7) is 15.5. The van der Waals surface area contributed by atoms with E-state index in [9.17, 15) is 24.0 Å². The van der Waals surface area contributed by atoms with Crippen LogP contribution in [0.3, 0.4) is 0 Å². The summed E-state index contributed by atoms with van der Waals surface area (Å²) < 4.78 is 23.7. The summed E-state index contributed by atoms with van der Waals surface area (Å²) >= 11 is 0. The first-order valence-corrected chi connectivity index (χ1v) is 13.0. The van der Waals surface area contributed by atoms with Crippen LogP contribution in [0.1, 0.15) is 74.1 Å². The van der Waals surface area contributed by atoms with Crippen molar-refractivity contribution in [2.45, 2.75) is 98.6 Å². The van der Waals surface area contributed by atoms with E-state index in [-0.39, 0.29) is 29.1 Å². The van der Waals surface area contributed by atoms with Crippen molar-refractivity contribution in [2.75, 3.05) is 0 Å². The maximum Gasteiger partial charge on any atom is 0.302 e. The number of ether oxygens (including phenoxy) is 4. The second kappa shape index (κ2) is 8.95. The molecule has 0 heterocycles. The van der Waals surface area contributed by atoms with Crippen LogP contribution in [-0.4, -0.2) is 54.1 Å². The predicted molar refractivity (Wildman–Crippen MR) is 130 cm³/mol. The molecule has 0 unspecified atom stereocenters. The van der Waals surface area contributed by atoms with Gasteiger partial charge in [-0.05, 0) is 42.6 Å². The molecule has 37 heavy (non-hydrogen) atoms. The highest BCUT2D eigenvalue weighted by atomic mass is 16.6. The molecule has 9 nitrogen and oxygen atoms in total. The molecule has 0 aliphatic heterocycles. The largest absolute Gasteiger partial charge is 0.462 e. The maximum absolute atomic E-state index is 14.3. The Morgan fingerprint density at radius 1 is 0.811 bits per heavy atom. The SMILES string of the molecule is C=C1C(=O)[C@@]23[C@H]([C@@H](OC(C)=O)C[C@@H]1[C@@H]2OC(C)=O)[C@@]1(C)[C@H](C[C@H]3OC(C)=O)C(C)(C)CC[C@H]1OC(C)=O. The Morgan fingerprint density at radius 3 is 1.89 bits per heavy atom. The van der Waals surface area contributed by atoms with E-state index in [1.54, 1.807) is 0 Å². The molecule has 204 valence electrons. The minimum absolute atomic E-state index is 0.174. The first kappa shape index (κ1) is 27.3. The molecule has 4 aliphatic rings. The van der Waals surface area contributed by atoms with Crippen molar-refractivity contribution in [3.63, 3.8) is 0 Å². The quantitative estimate of drug-likeness (QED) is 0.313. The van der Waals surface area contributed by atoms with E-state index < -0.39 is 71.0 Å². The molecule has 9 heteroatoms. The lowest BCUT2D eigenvalue weighted by molar-refractivity contribution is -0.283. The molecule has 0 aromatic heterocycles. The van der Waals surface area contributed by atoms with E-state index in [0.717, 1.165) is 6.42 Å². The molecule has 0 amide bonds. The third kappa shape index (κ3) is 3.91. The van der Waals surface area contributed by atoms with Gasteiger partial charge >= 0.3 is 23.9 Å². The molecule has 0 aromatic carbocycles. The van der Waals surface area contributed by atoms with E-state index >= 15 is 0 Å². The van der Waals surface area contributed by atoms with Gasteiger partial charge in [0.1, 0.15) is 29.8 Å². The Morgan fingerprint density at radius 2 is 1.35 bits per heavy atom. The van der Waals surface area contributed by atoms with E-state index in [2.05, 4.69) is 20.4 Å². The first-order chi connectivity index (χ1) is 17.1. The maximum atomic E-state index is 14.3. The summed E-state index contributed by atoms with van der Waals surface area (Å²) in [5.41, 5.74) is -2.41. The minimum Gasteiger partial charge on any atom is -0.462 e. The third-order valence-electron chi connectivity index (χ3n) is 9.66. The van der Waals surface area contributed by atoms with E-state index in [1.165, 1.54) is 27.7 Å². The van der Waals surface area contributed by atoms with Crippen LogP contribution in [0, 0.1) is 34.0 Å². The summed E-state index contributed by atoms with van der Waals surface area (Å²) in [4.78, 5) is 63.8. The van der Waals surface area contributed by atoms with Gasteiger partial charge in [-0.15, -0.1) is 0 Å². The lowest BCUT2D eigenvalue weighted by atomic mass is 9.38. The second-order valence-electron chi connectivity index (χ2n) is 12.2. The Balaban J connectivity index is 2.05. The number of rotatable bonds is 4. The first-order valence-electron chi connectivity index (χ1n) is 13.0. The number of Topliss-reactive ketones (excluding diaryl/α,β-unsaturated/α-hetero) is 1. The Hall–Kier alpha value is -2.71. The van der Waals surface area contributed by atoms with Crippen molar-refractivity contribution in [3.8, 4) is 0 Å². The average molecular weight is 519 g/mol. The Kier molecular flexibility index (Phi) is 6.61. The van der Waals surface area contributed by atoms with Crippen molar-refractivity contribution in [1.29, 1.82) is 0 Å². The smallest absolute Gasteiger partial charge is 0.302 e. The van der Waals surface area contributed by atoms with Crippen LogP contribution >= 0.6 is 0 Å². The van der Waals surface area contributed by atoms with Crippen LogP contribution in [0.2, 0.25) is 0 Å². The number of esters is 4. The molecule has 0 saturated heterocycles. The monoisotopic (exact) mass is 518 g/mol. The predicted octanol–water partition coefficient (Wildman–Crippen LogP) is 3.32. The van der Waals surface area contributed by atoms with Crippen molar-refractivity contribution >= 4 is 29.7 Å². The number of fused-ring (bicyclic) bond motifs is 3. The fourth-order valence-electron chi connectivity index (χ4n) is 8.69. The van der Waals surface area contributed by atoms with Gasteiger partial charge in [0, 0.05) is 44.9 Å². The number of carbonyl (C=O) groups is 5. The molecule has 4 saturated carbocycles. The number of carbonyl (C=O) groups excluding carboxylic acids is 5. The van der Waals surface area contributed by atoms with Gasteiger partial charge in [-0.2, -0.15) is 0 Å². The summed E-state index contributed by atoms with van der Waals surface area (Å²) in [5, 5.41) is 0. The highest BCUT2D eigenvalue weighted by molar-refractivity contribution is 6.05. The molecule has 0 radical (unpaired) electrons. The van der Waals surface area contributed by atoms with Crippen molar-refractivity contribution in [1.82, 2.24) is 0 Å². The zero-order valence-electron chi connectivity index (χ0n) is 22.8. The normalized spacial score (nSPS) is 41.6. The fraction of sp³-hybridized carbons (Fsp3) is 0.750. The van der Waals surface area contributed by atoms with Crippen LogP contribution in [0.4, 0.5) is 0 Å². The Bertz CT molecular complexity index is 1060. The number of hydrogen-bond donors (Lipinski definition) is 0. The summed E-state index contributed by atoms with van der Waals surface area (Å²) in [6.07, 6.45) is -1.44. The zero-order chi connectivity index (χ0) is 27.7. The van der Waals surface area contributed by atoms with Crippen molar-refractivity contribution in [2.24, 2.45) is 34.0 Å². The molecular formula is C28H38O9. The Labute approximate surface area is 217 Å². The zero-order valence-corrected chi connectivity index (χ0v) is 22.8. The second-order valence-corrected chi connectivity index (χ2v) is 12.2. The number of ketones is 1. The van der Waals surface area contributed by atoms with Crippen molar-refractivity contribution < 1.29 is 42.9 Å². The lowest BCUT2D eigenvalue weighted by Crippen LogP contribution is -2.74. The van der Waals surface area contributed by atoms with Gasteiger partial charge in [0.25, 0.3) is 0 Å². The molecule has 0 aromatic rings. The molecule has 1 spiro atoms. The average Bonchev–Trinajstić information content (AvgIpc) is 2.87. The molecule has 4 fully saturated rings. The van der Waals surface area contributed by atoms with Gasteiger partial charge < -0.3 is 18.9 Å². The summed E-state index contributed by atoms with van der Waals surface area (Å²) in [6, 6.07) is 0. The summed E-state index contributed by atoms with van der Waals surface area (Å²) in [5.74, 6) is -3.98. The molecule has 2 bridgehead atoms. The fourth-order valence-corrected chi connectivity index (χ4v) is 8.69. The van der Waals surface area contributed by atoms with E-state index in [0.29, 0.717) is 12.8 Å². The van der Waals surface area contributed by atoms with Crippen LogP contribution in [-0.2, 0) is 42.9 Å². The van der Waals surface area contributed by atoms with Gasteiger partial charge in [-0.25, -0.2) is 0 Å². The molecule has 0 N–H and O–H groups in total. The molecule has 4 aliphatic carbocycles. The van der Waals surface area contributed by atoms with Crippen LogP contribution in [0.5, 0.6) is 0 Å². The van der Waals surface area contributed by atoms with Crippen LogP contribution in [0.25, 0.3) is 0 Å². The van der Waals surface area contributed by atoms with Crippen LogP contribution < -0.4 is 0 Å². The van der Waals surface area contributed by atoms with E-state index in [4.69, 9.17) is 18.9 Å². The van der Waals surface area contributed by atoms with E-state index in [1.807, 2.05) is 6.92 Å². The standard InChI is InChI=1S/C28H38O9/c1-13-18-11-19(34-14(2)29)23-27(8)20(26(6,7)10-9-21(27)35-15(3)30)12-22(36-16(4)31)28(23,24(13)33)25(18)37-17(5)32/h18-23,25H,1,9-12H2,2-8H3/t18-,19-,20+,21+,22+,23+,25-,27-,28+/m0/s1. The van der Waals surface area contributed by atoms with Gasteiger partial charge in [-0.3, -0.25) is 24.0 Å². The minimum atomic E-state index is -1.53. The molecular weight excluding hydrogens is 480 g/mol. The lowest BCUT2D eigenvalue weighted by Gasteiger charge is -2.67. The van der Waals surface area contributed by atoms with Crippen molar-refractivity contribution in [3.05, 3.63) is 12.2 Å². The van der Waals surface area contributed by atoms with Crippen LogP contribution in [0.15, 0.2) is 12.2 Å².